The Hall–Kier alpha value is -1.10. The summed E-state index contributed by atoms with van der Waals surface area (Å²) in [5, 5.41) is 14.4. The van der Waals surface area contributed by atoms with E-state index in [1.807, 2.05) is 0 Å². The zero-order valence-electron chi connectivity index (χ0n) is 15.8. The lowest BCUT2D eigenvalue weighted by Crippen LogP contribution is -2.48. The molecule has 1 atom stereocenters. The number of piperidine rings is 2. The highest BCUT2D eigenvalue weighted by molar-refractivity contribution is 5.65. The summed E-state index contributed by atoms with van der Waals surface area (Å²) in [5.74, 6) is 0.489. The van der Waals surface area contributed by atoms with Crippen molar-refractivity contribution in [2.24, 2.45) is 5.92 Å². The summed E-state index contributed by atoms with van der Waals surface area (Å²) < 4.78 is 0. The van der Waals surface area contributed by atoms with Crippen LogP contribution in [0.3, 0.4) is 0 Å². The van der Waals surface area contributed by atoms with Gasteiger partial charge in [0, 0.05) is 24.2 Å². The number of anilines is 1. The number of fused-ring (bicyclic) bond motifs is 2. The topological polar surface area (TPSA) is 38.7 Å². The standard InChI is InChI=1S/C21H33N3O/c1-16-4-3-5-18-20(16)22-15-21(18)8-12-24(13-9-21)14-19(25)17-6-10-23(2)11-7-17/h3-5,17,19,22,25H,6-15H2,1-2H3. The second-order valence-corrected chi connectivity index (χ2v) is 8.64. The van der Waals surface area contributed by atoms with Crippen molar-refractivity contribution in [3.8, 4) is 0 Å². The van der Waals surface area contributed by atoms with Gasteiger partial charge in [0.2, 0.25) is 0 Å². The Balaban J connectivity index is 1.34. The average Bonchev–Trinajstić information content (AvgIpc) is 2.98. The highest BCUT2D eigenvalue weighted by Crippen LogP contribution is 2.45. The molecular formula is C21H33N3O. The third kappa shape index (κ3) is 3.32. The molecule has 1 spiro atoms. The number of aliphatic hydroxyl groups excluding tert-OH is 1. The molecule has 3 aliphatic rings. The fourth-order valence-electron chi connectivity index (χ4n) is 5.13. The molecule has 138 valence electrons. The van der Waals surface area contributed by atoms with Gasteiger partial charge in [-0.3, -0.25) is 0 Å². The molecule has 0 amide bonds. The molecule has 2 saturated heterocycles. The van der Waals surface area contributed by atoms with E-state index in [4.69, 9.17) is 0 Å². The van der Waals surface area contributed by atoms with Crippen LogP contribution >= 0.6 is 0 Å². The third-order valence-electron chi connectivity index (χ3n) is 7.01. The van der Waals surface area contributed by atoms with Crippen LogP contribution in [0.5, 0.6) is 0 Å². The second kappa shape index (κ2) is 6.90. The molecule has 0 bridgehead atoms. The van der Waals surface area contributed by atoms with Crippen LogP contribution in [-0.2, 0) is 5.41 Å². The van der Waals surface area contributed by atoms with Crippen LogP contribution in [0.1, 0.15) is 36.8 Å². The fourth-order valence-corrected chi connectivity index (χ4v) is 5.13. The van der Waals surface area contributed by atoms with Gasteiger partial charge in [0.15, 0.2) is 0 Å². The predicted octanol–water partition coefficient (Wildman–Crippen LogP) is 2.46. The fraction of sp³-hybridized carbons (Fsp3) is 0.714. The van der Waals surface area contributed by atoms with Crippen LogP contribution in [-0.4, -0.2) is 67.3 Å². The Morgan fingerprint density at radius 3 is 2.64 bits per heavy atom. The number of nitrogens with one attached hydrogen (secondary N) is 1. The monoisotopic (exact) mass is 343 g/mol. The van der Waals surface area contributed by atoms with Crippen LogP contribution in [0.15, 0.2) is 18.2 Å². The van der Waals surface area contributed by atoms with Crippen molar-refractivity contribution in [1.29, 1.82) is 0 Å². The van der Waals surface area contributed by atoms with E-state index in [0.29, 0.717) is 11.3 Å². The number of para-hydroxylation sites is 1. The van der Waals surface area contributed by atoms with E-state index < -0.39 is 0 Å². The van der Waals surface area contributed by atoms with Crippen molar-refractivity contribution < 1.29 is 5.11 Å². The minimum absolute atomic E-state index is 0.154. The molecule has 25 heavy (non-hydrogen) atoms. The molecule has 1 aromatic carbocycles. The van der Waals surface area contributed by atoms with Crippen molar-refractivity contribution >= 4 is 5.69 Å². The molecule has 2 N–H and O–H groups in total. The van der Waals surface area contributed by atoms with Gasteiger partial charge in [0.25, 0.3) is 0 Å². The molecule has 4 rings (SSSR count). The number of β-amino-alcohol motifs (C(OH)–C–C–N with tert-alkyl or cyclic N) is 1. The summed E-state index contributed by atoms with van der Waals surface area (Å²) in [6.07, 6.45) is 4.55. The largest absolute Gasteiger partial charge is 0.392 e. The van der Waals surface area contributed by atoms with Gasteiger partial charge >= 0.3 is 0 Å². The molecule has 0 saturated carbocycles. The normalized spacial score (nSPS) is 25.7. The number of aliphatic hydroxyl groups is 1. The van der Waals surface area contributed by atoms with Crippen LogP contribution in [0.25, 0.3) is 0 Å². The van der Waals surface area contributed by atoms with Crippen LogP contribution in [0, 0.1) is 12.8 Å². The number of rotatable bonds is 3. The Morgan fingerprint density at radius 2 is 1.92 bits per heavy atom. The summed E-state index contributed by atoms with van der Waals surface area (Å²) in [7, 11) is 2.18. The van der Waals surface area contributed by atoms with E-state index in [2.05, 4.69) is 47.3 Å². The zero-order valence-corrected chi connectivity index (χ0v) is 15.8. The Kier molecular flexibility index (Phi) is 4.78. The molecule has 2 fully saturated rings. The quantitative estimate of drug-likeness (QED) is 0.884. The Bertz CT molecular complexity index is 601. The number of hydrogen-bond donors (Lipinski definition) is 2. The first-order valence-electron chi connectivity index (χ1n) is 10.0. The maximum atomic E-state index is 10.7. The molecule has 3 aliphatic heterocycles. The molecule has 0 radical (unpaired) electrons. The van der Waals surface area contributed by atoms with Crippen molar-refractivity contribution in [1.82, 2.24) is 9.80 Å². The van der Waals surface area contributed by atoms with Gasteiger partial charge in [-0.2, -0.15) is 0 Å². The molecule has 0 aromatic heterocycles. The molecule has 1 aromatic rings. The van der Waals surface area contributed by atoms with E-state index in [-0.39, 0.29) is 6.10 Å². The van der Waals surface area contributed by atoms with E-state index >= 15 is 0 Å². The number of likely N-dealkylation sites (tertiary alicyclic amines) is 2. The van der Waals surface area contributed by atoms with Gasteiger partial charge in [-0.1, -0.05) is 18.2 Å². The Labute approximate surface area is 152 Å². The summed E-state index contributed by atoms with van der Waals surface area (Å²) in [6, 6.07) is 6.74. The third-order valence-corrected chi connectivity index (χ3v) is 7.01. The molecule has 3 heterocycles. The number of aryl methyl sites for hydroxylation is 1. The summed E-state index contributed by atoms with van der Waals surface area (Å²) in [5.41, 5.74) is 4.59. The smallest absolute Gasteiger partial charge is 0.0696 e. The zero-order chi connectivity index (χ0) is 17.4. The van der Waals surface area contributed by atoms with Gasteiger partial charge < -0.3 is 20.2 Å². The lowest BCUT2D eigenvalue weighted by Gasteiger charge is -2.41. The molecule has 1 unspecified atom stereocenters. The second-order valence-electron chi connectivity index (χ2n) is 8.64. The van der Waals surface area contributed by atoms with E-state index in [0.717, 1.165) is 52.1 Å². The van der Waals surface area contributed by atoms with Gasteiger partial charge in [-0.25, -0.2) is 0 Å². The minimum atomic E-state index is -0.154. The van der Waals surface area contributed by atoms with Crippen molar-refractivity contribution in [3.05, 3.63) is 29.3 Å². The van der Waals surface area contributed by atoms with Crippen molar-refractivity contribution in [3.63, 3.8) is 0 Å². The molecule has 4 nitrogen and oxygen atoms in total. The highest BCUT2D eigenvalue weighted by atomic mass is 16.3. The van der Waals surface area contributed by atoms with Crippen molar-refractivity contribution in [2.75, 3.05) is 51.6 Å². The first-order valence-corrected chi connectivity index (χ1v) is 10.0. The SMILES string of the molecule is Cc1cccc2c1NCC21CCN(CC(O)C2CCN(C)CC2)CC1. The predicted molar refractivity (Wildman–Crippen MR) is 103 cm³/mol. The van der Waals surface area contributed by atoms with Gasteiger partial charge in [-0.05, 0) is 82.9 Å². The van der Waals surface area contributed by atoms with Gasteiger partial charge in [0.1, 0.15) is 0 Å². The summed E-state index contributed by atoms with van der Waals surface area (Å²) in [4.78, 5) is 4.88. The Morgan fingerprint density at radius 1 is 1.20 bits per heavy atom. The average molecular weight is 344 g/mol. The van der Waals surface area contributed by atoms with E-state index in [1.54, 1.807) is 0 Å². The molecule has 4 heteroatoms. The van der Waals surface area contributed by atoms with E-state index in [9.17, 15) is 5.11 Å². The minimum Gasteiger partial charge on any atom is -0.392 e. The van der Waals surface area contributed by atoms with Crippen LogP contribution < -0.4 is 5.32 Å². The first kappa shape index (κ1) is 17.3. The van der Waals surface area contributed by atoms with Gasteiger partial charge in [-0.15, -0.1) is 0 Å². The number of benzene rings is 1. The lowest BCUT2D eigenvalue weighted by atomic mass is 9.74. The summed E-state index contributed by atoms with van der Waals surface area (Å²) >= 11 is 0. The maximum Gasteiger partial charge on any atom is 0.0696 e. The van der Waals surface area contributed by atoms with E-state index in [1.165, 1.54) is 29.7 Å². The van der Waals surface area contributed by atoms with Gasteiger partial charge in [0.05, 0.1) is 6.10 Å². The first-order chi connectivity index (χ1) is 12.1. The number of hydrogen-bond acceptors (Lipinski definition) is 4. The van der Waals surface area contributed by atoms with Crippen LogP contribution in [0.2, 0.25) is 0 Å². The van der Waals surface area contributed by atoms with Crippen molar-refractivity contribution in [2.45, 2.75) is 44.1 Å². The maximum absolute atomic E-state index is 10.7. The molecule has 0 aliphatic carbocycles. The number of nitrogens with zero attached hydrogens (tertiary/aromatic N) is 2. The van der Waals surface area contributed by atoms with Crippen LogP contribution in [0.4, 0.5) is 5.69 Å². The summed E-state index contributed by atoms with van der Waals surface area (Å²) in [6.45, 7) is 8.63. The lowest BCUT2D eigenvalue weighted by molar-refractivity contribution is 0.0247. The highest BCUT2D eigenvalue weighted by Gasteiger charge is 2.42. The molecular weight excluding hydrogens is 310 g/mol.